The minimum Gasteiger partial charge on any atom is -0.317 e. The molecule has 4 aromatic rings. The number of hydrogen-bond acceptors (Lipinski definition) is 5. The summed E-state index contributed by atoms with van der Waals surface area (Å²) in [6, 6.07) is 9.69. The van der Waals surface area contributed by atoms with Gasteiger partial charge in [-0.25, -0.2) is 13.2 Å². The molecular weight excluding hydrogens is 515 g/mol. The Morgan fingerprint density at radius 3 is 2.32 bits per heavy atom. The second-order valence-electron chi connectivity index (χ2n) is 9.46. The number of anilines is 1. The van der Waals surface area contributed by atoms with E-state index in [1.54, 1.807) is 0 Å². The molecule has 10 heteroatoms. The number of nitrogens with one attached hydrogen (secondary N) is 1. The first kappa shape index (κ1) is 25.9. The number of carbonyl (C=O) groups is 2. The number of carbonyl (C=O) groups excluding carboxylic acids is 2. The number of piperidine rings is 1. The Labute approximate surface area is 220 Å². The van der Waals surface area contributed by atoms with E-state index >= 15 is 0 Å². The first-order valence-electron chi connectivity index (χ1n) is 12.1. The van der Waals surface area contributed by atoms with Crippen LogP contribution in [0.15, 0.2) is 53.3 Å². The van der Waals surface area contributed by atoms with Gasteiger partial charge in [-0.15, -0.1) is 0 Å². The third-order valence-electron chi connectivity index (χ3n) is 6.88. The van der Waals surface area contributed by atoms with E-state index in [0.29, 0.717) is 12.8 Å². The number of nitrogens with zero attached hydrogens (tertiary/aromatic N) is 2. The first-order valence-corrected chi connectivity index (χ1v) is 12.9. The molecule has 1 aliphatic rings. The predicted octanol–water partition coefficient (Wildman–Crippen LogP) is 5.29. The van der Waals surface area contributed by atoms with E-state index < -0.39 is 34.5 Å². The van der Waals surface area contributed by atoms with Crippen molar-refractivity contribution >= 4 is 38.2 Å². The van der Waals surface area contributed by atoms with Crippen LogP contribution in [0.2, 0.25) is 0 Å². The molecule has 2 aromatic heterocycles. The van der Waals surface area contributed by atoms with Gasteiger partial charge in [-0.05, 0) is 81.9 Å². The highest BCUT2D eigenvalue weighted by Gasteiger charge is 2.29. The van der Waals surface area contributed by atoms with Gasteiger partial charge in [-0.2, -0.15) is 0 Å². The summed E-state index contributed by atoms with van der Waals surface area (Å²) in [5.41, 5.74) is -0.768. The van der Waals surface area contributed by atoms with Crippen molar-refractivity contribution in [2.45, 2.75) is 19.8 Å². The Hall–Kier alpha value is -3.76. The number of pyridine rings is 1. The Morgan fingerprint density at radius 2 is 1.66 bits per heavy atom. The molecule has 0 unspecified atom stereocenters. The van der Waals surface area contributed by atoms with Crippen LogP contribution in [0.4, 0.5) is 18.2 Å². The normalized spacial score (nSPS) is 14.7. The zero-order valence-corrected chi connectivity index (χ0v) is 21.5. The highest BCUT2D eigenvalue weighted by molar-refractivity contribution is 7.23. The quantitative estimate of drug-likeness (QED) is 0.350. The van der Waals surface area contributed by atoms with Crippen LogP contribution in [-0.2, 0) is 4.79 Å². The van der Waals surface area contributed by atoms with Gasteiger partial charge in [0.25, 0.3) is 5.56 Å². The molecule has 0 spiro atoms. The lowest BCUT2D eigenvalue weighted by molar-refractivity contribution is -0.121. The first-order chi connectivity index (χ1) is 18.2. The fourth-order valence-corrected chi connectivity index (χ4v) is 5.93. The molecule has 1 fully saturated rings. The van der Waals surface area contributed by atoms with Crippen molar-refractivity contribution in [1.29, 1.82) is 0 Å². The van der Waals surface area contributed by atoms with Crippen LogP contribution in [0.1, 0.15) is 34.3 Å². The smallest absolute Gasteiger partial charge is 0.256 e. The minimum atomic E-state index is -0.952. The van der Waals surface area contributed by atoms with Crippen LogP contribution < -0.4 is 10.9 Å². The number of halogens is 3. The third kappa shape index (κ3) is 4.65. The molecule has 3 heterocycles. The average molecular weight is 540 g/mol. The monoisotopic (exact) mass is 539 g/mol. The number of rotatable bonds is 5. The number of thiophene rings is 1. The van der Waals surface area contributed by atoms with E-state index in [-0.39, 0.29) is 43.7 Å². The fraction of sp³-hybridized carbons (Fsp3) is 0.250. The van der Waals surface area contributed by atoms with Gasteiger partial charge in [-0.1, -0.05) is 17.4 Å². The third-order valence-corrected chi connectivity index (χ3v) is 7.98. The van der Waals surface area contributed by atoms with Crippen molar-refractivity contribution in [3.63, 3.8) is 0 Å². The van der Waals surface area contributed by atoms with Gasteiger partial charge >= 0.3 is 0 Å². The van der Waals surface area contributed by atoms with Crippen LogP contribution in [0.25, 0.3) is 15.9 Å². The van der Waals surface area contributed by atoms with Crippen molar-refractivity contribution in [2.75, 3.05) is 25.5 Å². The zero-order valence-electron chi connectivity index (χ0n) is 20.7. The number of amides is 1. The Bertz CT molecular complexity index is 1620. The Balaban J connectivity index is 1.70. The van der Waals surface area contributed by atoms with Crippen LogP contribution in [0.5, 0.6) is 0 Å². The average Bonchev–Trinajstić information content (AvgIpc) is 3.24. The lowest BCUT2D eigenvalue weighted by Crippen LogP contribution is -2.36. The summed E-state index contributed by atoms with van der Waals surface area (Å²) in [4.78, 5) is 42.1. The molecule has 0 atom stereocenters. The highest BCUT2D eigenvalue weighted by Crippen LogP contribution is 2.39. The zero-order chi connectivity index (χ0) is 27.1. The van der Waals surface area contributed by atoms with Gasteiger partial charge < -0.3 is 10.2 Å². The van der Waals surface area contributed by atoms with Crippen molar-refractivity contribution in [2.24, 2.45) is 5.92 Å². The van der Waals surface area contributed by atoms with Gasteiger partial charge in [-0.3, -0.25) is 19.0 Å². The topological polar surface area (TPSA) is 71.4 Å². The van der Waals surface area contributed by atoms with E-state index in [4.69, 9.17) is 0 Å². The number of likely N-dealkylation sites (tertiary alicyclic amines) is 1. The molecule has 196 valence electrons. The van der Waals surface area contributed by atoms with Crippen LogP contribution in [0.3, 0.4) is 0 Å². The molecule has 0 aliphatic carbocycles. The van der Waals surface area contributed by atoms with E-state index in [2.05, 4.69) is 10.2 Å². The summed E-state index contributed by atoms with van der Waals surface area (Å²) in [7, 11) is 1.97. The van der Waals surface area contributed by atoms with Gasteiger partial charge in [0.05, 0.1) is 5.56 Å². The molecule has 0 saturated carbocycles. The van der Waals surface area contributed by atoms with Crippen molar-refractivity contribution in [3.05, 3.63) is 93.0 Å². The van der Waals surface area contributed by atoms with Gasteiger partial charge in [0, 0.05) is 22.9 Å². The van der Waals surface area contributed by atoms with Crippen LogP contribution >= 0.6 is 11.3 Å². The highest BCUT2D eigenvalue weighted by atomic mass is 32.1. The minimum absolute atomic E-state index is 0.0720. The van der Waals surface area contributed by atoms with Crippen molar-refractivity contribution < 1.29 is 22.8 Å². The number of para-hydroxylation sites is 1. The van der Waals surface area contributed by atoms with Crippen LogP contribution in [0, 0.1) is 30.3 Å². The summed E-state index contributed by atoms with van der Waals surface area (Å²) < 4.78 is 44.3. The predicted molar refractivity (Wildman–Crippen MR) is 141 cm³/mol. The molecule has 1 amide bonds. The Morgan fingerprint density at radius 1 is 0.974 bits per heavy atom. The second kappa shape index (κ2) is 10.2. The molecule has 1 saturated heterocycles. The summed E-state index contributed by atoms with van der Waals surface area (Å²) in [6.07, 6.45) is 1.28. The maximum Gasteiger partial charge on any atom is 0.256 e. The summed E-state index contributed by atoms with van der Waals surface area (Å²) in [5, 5.41) is 3.25. The lowest BCUT2D eigenvalue weighted by atomic mass is 9.96. The van der Waals surface area contributed by atoms with E-state index in [0.717, 1.165) is 47.2 Å². The number of aryl methyl sites for hydroxylation is 1. The van der Waals surface area contributed by atoms with Crippen molar-refractivity contribution in [1.82, 2.24) is 9.47 Å². The largest absolute Gasteiger partial charge is 0.317 e. The maximum atomic E-state index is 14.8. The summed E-state index contributed by atoms with van der Waals surface area (Å²) in [5.74, 6) is -3.45. The van der Waals surface area contributed by atoms with Gasteiger partial charge in [0.1, 0.15) is 33.0 Å². The van der Waals surface area contributed by atoms with Gasteiger partial charge in [0.15, 0.2) is 5.78 Å². The number of hydrogen-bond donors (Lipinski definition) is 1. The van der Waals surface area contributed by atoms with Crippen molar-refractivity contribution in [3.8, 4) is 5.69 Å². The van der Waals surface area contributed by atoms with E-state index in [1.165, 1.54) is 37.3 Å². The van der Waals surface area contributed by atoms with E-state index in [1.807, 2.05) is 7.05 Å². The Kier molecular flexibility index (Phi) is 6.93. The molecule has 1 N–H and O–H groups in total. The molecule has 5 rings (SSSR count). The molecule has 38 heavy (non-hydrogen) atoms. The molecule has 0 bridgehead atoms. The maximum absolute atomic E-state index is 14.8. The number of fused-ring (bicyclic) bond motifs is 1. The van der Waals surface area contributed by atoms with E-state index in [9.17, 15) is 27.6 Å². The second-order valence-corrected chi connectivity index (χ2v) is 10.5. The molecule has 2 aromatic carbocycles. The SMILES string of the molecule is Cc1cc(C(=O)c2c(NC(=O)C3CCN(C)CC3)sc3c2ccc(=O)n3-c2c(F)cccc2F)ccc1F. The van der Waals surface area contributed by atoms with Crippen LogP contribution in [-0.4, -0.2) is 41.3 Å². The fourth-order valence-electron chi connectivity index (χ4n) is 4.72. The number of benzene rings is 2. The number of aromatic nitrogens is 1. The number of ketones is 1. The standard InChI is InChI=1S/C28H24F3N3O3S/c1-15-14-17(6-8-19(15)29)25(36)23-18-7-9-22(35)34(24-20(30)4-3-5-21(24)31)28(18)38-27(23)32-26(37)16-10-12-33(2)13-11-16/h3-9,14,16H,10-13H2,1-2H3,(H,32,37). The van der Waals surface area contributed by atoms with Gasteiger partial charge in [0.2, 0.25) is 5.91 Å². The lowest BCUT2D eigenvalue weighted by Gasteiger charge is -2.27. The summed E-state index contributed by atoms with van der Waals surface area (Å²) in [6.45, 7) is 3.02. The molecular formula is C28H24F3N3O3S. The summed E-state index contributed by atoms with van der Waals surface area (Å²) >= 11 is 0.893. The molecule has 0 radical (unpaired) electrons. The molecule has 6 nitrogen and oxygen atoms in total. The molecule has 1 aliphatic heterocycles.